The highest BCUT2D eigenvalue weighted by molar-refractivity contribution is 5.29. The van der Waals surface area contributed by atoms with Crippen molar-refractivity contribution in [2.45, 2.75) is 19.9 Å². The number of benzene rings is 2. The topological polar surface area (TPSA) is 50.7 Å². The molecule has 0 saturated heterocycles. The fourth-order valence-corrected chi connectivity index (χ4v) is 2.20. The van der Waals surface area contributed by atoms with Gasteiger partial charge in [0, 0.05) is 13.1 Å². The van der Waals surface area contributed by atoms with E-state index in [1.54, 1.807) is 0 Å². The van der Waals surface area contributed by atoms with Crippen molar-refractivity contribution in [1.29, 1.82) is 0 Å². The number of nitrogens with one attached hydrogen (secondary N) is 1. The first kappa shape index (κ1) is 17.3. The number of hydrogen-bond acceptors (Lipinski definition) is 4. The second-order valence-electron chi connectivity index (χ2n) is 5.24. The van der Waals surface area contributed by atoms with Crippen LogP contribution >= 0.6 is 0 Å². The minimum atomic E-state index is 0.146. The molecule has 0 radical (unpaired) electrons. The predicted octanol–water partition coefficient (Wildman–Crippen LogP) is 2.79. The van der Waals surface area contributed by atoms with Gasteiger partial charge in [0.15, 0.2) is 0 Å². The van der Waals surface area contributed by atoms with Crippen LogP contribution in [0.2, 0.25) is 0 Å². The van der Waals surface area contributed by atoms with E-state index in [0.717, 1.165) is 30.0 Å². The maximum Gasteiger partial charge on any atom is 0.122 e. The van der Waals surface area contributed by atoms with Crippen molar-refractivity contribution in [2.75, 3.05) is 26.4 Å². The Bertz CT molecular complexity index is 569. The number of aryl methyl sites for hydroxylation is 1. The van der Waals surface area contributed by atoms with Gasteiger partial charge in [0.05, 0.1) is 6.61 Å². The molecule has 0 heterocycles. The lowest BCUT2D eigenvalue weighted by Gasteiger charge is -2.10. The lowest BCUT2D eigenvalue weighted by molar-refractivity contribution is 0.217. The molecule has 2 aromatic carbocycles. The summed E-state index contributed by atoms with van der Waals surface area (Å²) in [5.41, 5.74) is 2.44. The van der Waals surface area contributed by atoms with Gasteiger partial charge in [-0.05, 0) is 41.8 Å². The Balaban J connectivity index is 1.71. The number of hydrogen-bond donors (Lipinski definition) is 2. The molecule has 4 heteroatoms. The van der Waals surface area contributed by atoms with E-state index in [1.165, 1.54) is 5.56 Å². The standard InChI is InChI=1S/C19H25NO3/c1-2-16-6-8-18(9-7-16)22-12-13-23-19-5-3-4-17(14-19)15-20-10-11-21/h3-9,14,20-21H,2,10-13,15H2,1H3. The molecule has 0 aromatic heterocycles. The van der Waals surface area contributed by atoms with Gasteiger partial charge < -0.3 is 19.9 Å². The van der Waals surface area contributed by atoms with Crippen molar-refractivity contribution in [3.05, 3.63) is 59.7 Å². The molecule has 0 saturated carbocycles. The zero-order valence-electron chi connectivity index (χ0n) is 13.6. The molecule has 2 rings (SSSR count). The summed E-state index contributed by atoms with van der Waals surface area (Å²) in [5, 5.41) is 11.9. The largest absolute Gasteiger partial charge is 0.490 e. The highest BCUT2D eigenvalue weighted by Crippen LogP contribution is 2.14. The summed E-state index contributed by atoms with van der Waals surface area (Å²) in [6, 6.07) is 16.1. The fourth-order valence-electron chi connectivity index (χ4n) is 2.20. The van der Waals surface area contributed by atoms with Gasteiger partial charge in [-0.3, -0.25) is 0 Å². The Hall–Kier alpha value is -2.04. The van der Waals surface area contributed by atoms with Gasteiger partial charge in [-0.25, -0.2) is 0 Å². The van der Waals surface area contributed by atoms with Gasteiger partial charge >= 0.3 is 0 Å². The molecule has 2 aromatic rings. The SMILES string of the molecule is CCc1ccc(OCCOc2cccc(CNCCO)c2)cc1. The summed E-state index contributed by atoms with van der Waals surface area (Å²) in [4.78, 5) is 0. The molecule has 4 nitrogen and oxygen atoms in total. The summed E-state index contributed by atoms with van der Waals surface area (Å²) in [6.45, 7) is 4.61. The van der Waals surface area contributed by atoms with Crippen LogP contribution in [-0.4, -0.2) is 31.5 Å². The first-order chi connectivity index (χ1) is 11.3. The van der Waals surface area contributed by atoms with Crippen LogP contribution in [0.25, 0.3) is 0 Å². The number of rotatable bonds is 10. The molecule has 0 aliphatic rings. The maximum absolute atomic E-state index is 8.76. The average molecular weight is 315 g/mol. The molecular weight excluding hydrogens is 290 g/mol. The summed E-state index contributed by atoms with van der Waals surface area (Å²) in [5.74, 6) is 1.70. The van der Waals surface area contributed by atoms with Gasteiger partial charge in [0.25, 0.3) is 0 Å². The second-order valence-corrected chi connectivity index (χ2v) is 5.24. The van der Waals surface area contributed by atoms with Crippen molar-refractivity contribution < 1.29 is 14.6 Å². The number of ether oxygens (including phenoxy) is 2. The Labute approximate surface area is 138 Å². The number of aliphatic hydroxyl groups is 1. The summed E-state index contributed by atoms with van der Waals surface area (Å²) >= 11 is 0. The molecule has 0 fully saturated rings. The Morgan fingerprint density at radius 2 is 1.65 bits per heavy atom. The first-order valence-electron chi connectivity index (χ1n) is 8.07. The van der Waals surface area contributed by atoms with Crippen molar-refractivity contribution >= 4 is 0 Å². The summed E-state index contributed by atoms with van der Waals surface area (Å²) < 4.78 is 11.4. The first-order valence-corrected chi connectivity index (χ1v) is 8.07. The van der Waals surface area contributed by atoms with E-state index < -0.39 is 0 Å². The molecule has 2 N–H and O–H groups in total. The van der Waals surface area contributed by atoms with Crippen LogP contribution in [0, 0.1) is 0 Å². The highest BCUT2D eigenvalue weighted by atomic mass is 16.5. The lowest BCUT2D eigenvalue weighted by atomic mass is 10.2. The fraction of sp³-hybridized carbons (Fsp3) is 0.368. The molecule has 0 atom stereocenters. The van der Waals surface area contributed by atoms with Crippen molar-refractivity contribution in [1.82, 2.24) is 5.32 Å². The molecule has 0 aliphatic carbocycles. The molecule has 0 spiro atoms. The van der Waals surface area contributed by atoms with E-state index in [1.807, 2.05) is 36.4 Å². The maximum atomic E-state index is 8.76. The van der Waals surface area contributed by atoms with E-state index >= 15 is 0 Å². The van der Waals surface area contributed by atoms with Gasteiger partial charge in [0.1, 0.15) is 24.7 Å². The van der Waals surface area contributed by atoms with Gasteiger partial charge in [-0.15, -0.1) is 0 Å². The van der Waals surface area contributed by atoms with Crippen LogP contribution in [0.3, 0.4) is 0 Å². The smallest absolute Gasteiger partial charge is 0.122 e. The van der Waals surface area contributed by atoms with Gasteiger partial charge in [-0.2, -0.15) is 0 Å². The molecule has 0 amide bonds. The lowest BCUT2D eigenvalue weighted by Crippen LogP contribution is -2.17. The normalized spacial score (nSPS) is 10.5. The summed E-state index contributed by atoms with van der Waals surface area (Å²) in [6.07, 6.45) is 1.03. The van der Waals surface area contributed by atoms with E-state index in [0.29, 0.717) is 19.8 Å². The molecule has 124 valence electrons. The predicted molar refractivity (Wildman–Crippen MR) is 92.0 cm³/mol. The average Bonchev–Trinajstić information content (AvgIpc) is 2.60. The van der Waals surface area contributed by atoms with Crippen LogP contribution in [0.1, 0.15) is 18.1 Å². The third-order valence-corrected chi connectivity index (χ3v) is 3.47. The van der Waals surface area contributed by atoms with E-state index in [4.69, 9.17) is 14.6 Å². The van der Waals surface area contributed by atoms with E-state index in [-0.39, 0.29) is 6.61 Å². The minimum Gasteiger partial charge on any atom is -0.490 e. The quantitative estimate of drug-likeness (QED) is 0.662. The zero-order valence-corrected chi connectivity index (χ0v) is 13.6. The van der Waals surface area contributed by atoms with E-state index in [9.17, 15) is 0 Å². The van der Waals surface area contributed by atoms with E-state index in [2.05, 4.69) is 24.4 Å². The van der Waals surface area contributed by atoms with Crippen molar-refractivity contribution in [2.24, 2.45) is 0 Å². The monoisotopic (exact) mass is 315 g/mol. The molecule has 23 heavy (non-hydrogen) atoms. The van der Waals surface area contributed by atoms with Crippen molar-refractivity contribution in [3.63, 3.8) is 0 Å². The highest BCUT2D eigenvalue weighted by Gasteiger charge is 1.99. The molecular formula is C19H25NO3. The van der Waals surface area contributed by atoms with Crippen LogP contribution in [0.5, 0.6) is 11.5 Å². The van der Waals surface area contributed by atoms with Crippen molar-refractivity contribution in [3.8, 4) is 11.5 Å². The minimum absolute atomic E-state index is 0.146. The molecule has 0 aliphatic heterocycles. The van der Waals surface area contributed by atoms with Crippen LogP contribution in [-0.2, 0) is 13.0 Å². The Kier molecular flexibility index (Phi) is 7.43. The zero-order chi connectivity index (χ0) is 16.3. The van der Waals surface area contributed by atoms with Crippen LogP contribution < -0.4 is 14.8 Å². The van der Waals surface area contributed by atoms with Gasteiger partial charge in [0.2, 0.25) is 0 Å². The second kappa shape index (κ2) is 9.87. The molecule has 0 unspecified atom stereocenters. The third kappa shape index (κ3) is 6.30. The Morgan fingerprint density at radius 3 is 2.35 bits per heavy atom. The third-order valence-electron chi connectivity index (χ3n) is 3.47. The molecule has 0 bridgehead atoms. The Morgan fingerprint density at radius 1 is 0.913 bits per heavy atom. The number of aliphatic hydroxyl groups excluding tert-OH is 1. The van der Waals surface area contributed by atoms with Gasteiger partial charge in [-0.1, -0.05) is 31.2 Å². The van der Waals surface area contributed by atoms with Crippen LogP contribution in [0.4, 0.5) is 0 Å². The summed E-state index contributed by atoms with van der Waals surface area (Å²) in [7, 11) is 0. The van der Waals surface area contributed by atoms with Crippen LogP contribution in [0.15, 0.2) is 48.5 Å².